The molecule has 31 heavy (non-hydrogen) atoms. The van der Waals surface area contributed by atoms with Crippen molar-refractivity contribution in [2.75, 3.05) is 58.3 Å². The number of ether oxygens (including phenoxy) is 2. The van der Waals surface area contributed by atoms with Crippen molar-refractivity contribution in [3.8, 4) is 11.5 Å². The van der Waals surface area contributed by atoms with Gasteiger partial charge in [0.15, 0.2) is 11.5 Å². The minimum absolute atomic E-state index is 0.00523. The summed E-state index contributed by atoms with van der Waals surface area (Å²) in [7, 11) is 1.60. The summed E-state index contributed by atoms with van der Waals surface area (Å²) in [5, 5.41) is 13.4. The van der Waals surface area contributed by atoms with E-state index in [0.717, 1.165) is 37.4 Å². The number of aryl methyl sites for hydroxylation is 2. The predicted octanol–water partition coefficient (Wildman–Crippen LogP) is 2.31. The van der Waals surface area contributed by atoms with Gasteiger partial charge in [-0.3, -0.25) is 14.6 Å². The fraction of sp³-hybridized carbons (Fsp3) is 0.458. The number of carbonyl (C=O) groups is 1. The first kappa shape index (κ1) is 23.1. The normalized spacial score (nSPS) is 16.0. The molecule has 2 aromatic rings. The van der Waals surface area contributed by atoms with E-state index < -0.39 is 6.10 Å². The summed E-state index contributed by atoms with van der Waals surface area (Å²) in [6, 6.07) is 13.4. The largest absolute Gasteiger partial charge is 0.493 e. The second-order valence-electron chi connectivity index (χ2n) is 8.06. The number of carbonyl (C=O) groups excluding carboxylic acids is 1. The first-order valence-corrected chi connectivity index (χ1v) is 10.7. The zero-order chi connectivity index (χ0) is 22.2. The SMILES string of the molecule is COc1ccccc1OCC(O)CN1CCN(CC(=O)Nc2ccc(C)cc2C)CC1. The van der Waals surface area contributed by atoms with Crippen molar-refractivity contribution in [1.29, 1.82) is 0 Å². The number of nitrogens with one attached hydrogen (secondary N) is 1. The lowest BCUT2D eigenvalue weighted by molar-refractivity contribution is -0.117. The number of aliphatic hydroxyl groups is 1. The number of nitrogens with zero attached hydrogens (tertiary/aromatic N) is 2. The third kappa shape index (κ3) is 6.95. The number of aliphatic hydroxyl groups excluding tert-OH is 1. The molecule has 1 amide bonds. The lowest BCUT2D eigenvalue weighted by atomic mass is 10.1. The molecular formula is C24H33N3O4. The van der Waals surface area contributed by atoms with Gasteiger partial charge in [0.1, 0.15) is 12.7 Å². The van der Waals surface area contributed by atoms with Crippen molar-refractivity contribution in [2.24, 2.45) is 0 Å². The van der Waals surface area contributed by atoms with E-state index in [1.807, 2.05) is 50.2 Å². The summed E-state index contributed by atoms with van der Waals surface area (Å²) in [6.07, 6.45) is -0.593. The van der Waals surface area contributed by atoms with Gasteiger partial charge in [-0.1, -0.05) is 29.8 Å². The molecule has 1 aliphatic heterocycles. The first-order valence-electron chi connectivity index (χ1n) is 10.7. The van der Waals surface area contributed by atoms with E-state index in [-0.39, 0.29) is 12.5 Å². The number of benzene rings is 2. The standard InChI is InChI=1S/C24H33N3O4/c1-18-8-9-21(19(2)14-18)25-24(29)16-27-12-10-26(11-13-27)15-20(28)17-31-23-7-5-4-6-22(23)30-3/h4-9,14,20,28H,10-13,15-17H2,1-3H3,(H,25,29). The fourth-order valence-electron chi connectivity index (χ4n) is 3.75. The van der Waals surface area contributed by atoms with E-state index >= 15 is 0 Å². The molecule has 0 radical (unpaired) electrons. The smallest absolute Gasteiger partial charge is 0.238 e. The topological polar surface area (TPSA) is 74.3 Å². The number of piperazine rings is 1. The molecule has 3 rings (SSSR count). The highest BCUT2D eigenvalue weighted by atomic mass is 16.5. The second kappa shape index (κ2) is 11.1. The van der Waals surface area contributed by atoms with Crippen LogP contribution in [0.5, 0.6) is 11.5 Å². The number of β-amino-alcohol motifs (C(OH)–C–C–N with tert-alkyl or cyclic N) is 1. The summed E-state index contributed by atoms with van der Waals surface area (Å²) < 4.78 is 11.0. The van der Waals surface area contributed by atoms with Crippen LogP contribution in [0, 0.1) is 13.8 Å². The van der Waals surface area contributed by atoms with Gasteiger partial charge in [0, 0.05) is 38.4 Å². The molecule has 168 valence electrons. The van der Waals surface area contributed by atoms with Gasteiger partial charge in [0.25, 0.3) is 0 Å². The molecule has 0 saturated carbocycles. The maximum Gasteiger partial charge on any atom is 0.238 e. The van der Waals surface area contributed by atoms with Crippen LogP contribution in [0.3, 0.4) is 0 Å². The van der Waals surface area contributed by atoms with Crippen LogP contribution in [-0.4, -0.2) is 79.9 Å². The van der Waals surface area contributed by atoms with Gasteiger partial charge in [-0.2, -0.15) is 0 Å². The highest BCUT2D eigenvalue weighted by molar-refractivity contribution is 5.93. The Bertz CT molecular complexity index is 866. The van der Waals surface area contributed by atoms with Gasteiger partial charge in [-0.25, -0.2) is 0 Å². The maximum atomic E-state index is 12.4. The molecule has 7 heteroatoms. The lowest BCUT2D eigenvalue weighted by Gasteiger charge is -2.35. The lowest BCUT2D eigenvalue weighted by Crippen LogP contribution is -2.50. The van der Waals surface area contributed by atoms with Crippen molar-refractivity contribution < 1.29 is 19.4 Å². The molecule has 1 heterocycles. The van der Waals surface area contributed by atoms with Crippen LogP contribution in [-0.2, 0) is 4.79 Å². The Balaban J connectivity index is 1.37. The first-order chi connectivity index (χ1) is 14.9. The van der Waals surface area contributed by atoms with Crippen LogP contribution in [0.1, 0.15) is 11.1 Å². The number of rotatable bonds is 9. The molecule has 2 aromatic carbocycles. The summed E-state index contributed by atoms with van der Waals surface area (Å²) in [5.41, 5.74) is 3.12. The highest BCUT2D eigenvalue weighted by Gasteiger charge is 2.21. The minimum atomic E-state index is -0.593. The molecule has 0 aromatic heterocycles. The van der Waals surface area contributed by atoms with Gasteiger partial charge in [0.05, 0.1) is 13.7 Å². The number of amides is 1. The Morgan fingerprint density at radius 3 is 2.42 bits per heavy atom. The Morgan fingerprint density at radius 2 is 1.74 bits per heavy atom. The van der Waals surface area contributed by atoms with Crippen LogP contribution in [0.15, 0.2) is 42.5 Å². The van der Waals surface area contributed by atoms with Gasteiger partial charge in [-0.15, -0.1) is 0 Å². The highest BCUT2D eigenvalue weighted by Crippen LogP contribution is 2.25. The molecule has 0 spiro atoms. The summed E-state index contributed by atoms with van der Waals surface area (Å²) >= 11 is 0. The monoisotopic (exact) mass is 427 g/mol. The number of para-hydroxylation sites is 2. The Kier molecular flexibility index (Phi) is 8.28. The zero-order valence-electron chi connectivity index (χ0n) is 18.6. The van der Waals surface area contributed by atoms with E-state index in [1.54, 1.807) is 7.11 Å². The van der Waals surface area contributed by atoms with E-state index in [4.69, 9.17) is 9.47 Å². The van der Waals surface area contributed by atoms with Crippen LogP contribution >= 0.6 is 0 Å². The van der Waals surface area contributed by atoms with Crippen molar-refractivity contribution in [2.45, 2.75) is 20.0 Å². The van der Waals surface area contributed by atoms with Crippen LogP contribution in [0.2, 0.25) is 0 Å². The molecule has 1 atom stereocenters. The van der Waals surface area contributed by atoms with E-state index in [2.05, 4.69) is 21.2 Å². The molecule has 7 nitrogen and oxygen atoms in total. The third-order valence-electron chi connectivity index (χ3n) is 5.46. The molecule has 1 saturated heterocycles. The number of hydrogen-bond donors (Lipinski definition) is 2. The molecule has 0 bridgehead atoms. The molecule has 2 N–H and O–H groups in total. The summed E-state index contributed by atoms with van der Waals surface area (Å²) in [5.74, 6) is 1.29. The van der Waals surface area contributed by atoms with Gasteiger partial charge in [0.2, 0.25) is 5.91 Å². The zero-order valence-corrected chi connectivity index (χ0v) is 18.6. The molecule has 0 aliphatic carbocycles. The van der Waals surface area contributed by atoms with E-state index in [9.17, 15) is 9.90 Å². The molecule has 1 aliphatic rings. The van der Waals surface area contributed by atoms with Crippen molar-refractivity contribution in [1.82, 2.24) is 9.80 Å². The number of methoxy groups -OCH3 is 1. The van der Waals surface area contributed by atoms with Crippen molar-refractivity contribution in [3.63, 3.8) is 0 Å². The van der Waals surface area contributed by atoms with Gasteiger partial charge >= 0.3 is 0 Å². The van der Waals surface area contributed by atoms with E-state index in [1.165, 1.54) is 5.56 Å². The van der Waals surface area contributed by atoms with Crippen LogP contribution in [0.25, 0.3) is 0 Å². The predicted molar refractivity (Wildman–Crippen MR) is 122 cm³/mol. The summed E-state index contributed by atoms with van der Waals surface area (Å²) in [6.45, 7) is 8.37. The van der Waals surface area contributed by atoms with Gasteiger partial charge < -0.3 is 19.9 Å². The molecule has 1 unspecified atom stereocenters. The molecule has 1 fully saturated rings. The Hall–Kier alpha value is -2.61. The van der Waals surface area contributed by atoms with Crippen molar-refractivity contribution >= 4 is 11.6 Å². The Morgan fingerprint density at radius 1 is 1.06 bits per heavy atom. The van der Waals surface area contributed by atoms with Crippen LogP contribution < -0.4 is 14.8 Å². The quantitative estimate of drug-likeness (QED) is 0.640. The number of anilines is 1. The minimum Gasteiger partial charge on any atom is -0.493 e. The van der Waals surface area contributed by atoms with Crippen LogP contribution in [0.4, 0.5) is 5.69 Å². The third-order valence-corrected chi connectivity index (χ3v) is 5.46. The van der Waals surface area contributed by atoms with Crippen molar-refractivity contribution in [3.05, 3.63) is 53.6 Å². The molecular weight excluding hydrogens is 394 g/mol. The average molecular weight is 428 g/mol. The fourth-order valence-corrected chi connectivity index (χ4v) is 3.75. The van der Waals surface area contributed by atoms with Gasteiger partial charge in [-0.05, 0) is 37.6 Å². The van der Waals surface area contributed by atoms with E-state index in [0.29, 0.717) is 24.6 Å². The Labute approximate surface area is 184 Å². The summed E-state index contributed by atoms with van der Waals surface area (Å²) in [4.78, 5) is 16.8. The average Bonchev–Trinajstić information content (AvgIpc) is 2.76. The maximum absolute atomic E-state index is 12.4. The second-order valence-corrected chi connectivity index (χ2v) is 8.06. The number of hydrogen-bond acceptors (Lipinski definition) is 6.